The average molecular weight is 249 g/mol. The van der Waals surface area contributed by atoms with Crippen molar-refractivity contribution in [3.05, 3.63) is 0 Å². The van der Waals surface area contributed by atoms with E-state index in [1.807, 2.05) is 0 Å². The molecule has 1 aliphatic rings. The van der Waals surface area contributed by atoms with Gasteiger partial charge in [0, 0.05) is 12.8 Å². The highest BCUT2D eigenvalue weighted by Crippen LogP contribution is 2.28. The van der Waals surface area contributed by atoms with Crippen LogP contribution < -0.4 is 5.32 Å². The number of hydrogen-bond acceptors (Lipinski definition) is 4. The summed E-state index contributed by atoms with van der Waals surface area (Å²) in [4.78, 5) is 11.5. The van der Waals surface area contributed by atoms with Crippen molar-refractivity contribution in [2.24, 2.45) is 0 Å². The van der Waals surface area contributed by atoms with Crippen LogP contribution in [0.3, 0.4) is 0 Å². The minimum Gasteiger partial charge on any atom is -0.388 e. The molecule has 1 unspecified atom stereocenters. The minimum atomic E-state index is -3.36. The van der Waals surface area contributed by atoms with Gasteiger partial charge in [0.05, 0.1) is 5.60 Å². The van der Waals surface area contributed by atoms with Crippen LogP contribution in [0.1, 0.15) is 32.6 Å². The van der Waals surface area contributed by atoms with Crippen molar-refractivity contribution in [2.45, 2.75) is 43.5 Å². The van der Waals surface area contributed by atoms with Crippen molar-refractivity contribution in [2.75, 3.05) is 12.8 Å². The molecule has 1 fully saturated rings. The van der Waals surface area contributed by atoms with E-state index >= 15 is 0 Å². The van der Waals surface area contributed by atoms with Gasteiger partial charge in [-0.1, -0.05) is 12.8 Å². The topological polar surface area (TPSA) is 83.5 Å². The highest BCUT2D eigenvalue weighted by Gasteiger charge is 2.32. The number of carbonyl (C=O) groups is 1. The number of sulfone groups is 1. The summed E-state index contributed by atoms with van der Waals surface area (Å²) in [6.45, 7) is 1.50. The van der Waals surface area contributed by atoms with Gasteiger partial charge in [-0.2, -0.15) is 0 Å². The van der Waals surface area contributed by atoms with Gasteiger partial charge in [0.25, 0.3) is 0 Å². The summed E-state index contributed by atoms with van der Waals surface area (Å²) < 4.78 is 22.3. The summed E-state index contributed by atoms with van der Waals surface area (Å²) in [5.74, 6) is -0.539. The third-order valence-electron chi connectivity index (χ3n) is 3.14. The fourth-order valence-corrected chi connectivity index (χ4v) is 2.27. The van der Waals surface area contributed by atoms with E-state index in [1.165, 1.54) is 6.92 Å². The van der Waals surface area contributed by atoms with Gasteiger partial charge in [0.2, 0.25) is 5.91 Å². The quantitative estimate of drug-likeness (QED) is 0.725. The monoisotopic (exact) mass is 249 g/mol. The summed E-state index contributed by atoms with van der Waals surface area (Å²) in [5.41, 5.74) is -0.840. The first-order valence-corrected chi connectivity index (χ1v) is 7.39. The first kappa shape index (κ1) is 13.4. The van der Waals surface area contributed by atoms with E-state index < -0.39 is 26.6 Å². The van der Waals surface area contributed by atoms with Gasteiger partial charge in [-0.05, 0) is 19.8 Å². The zero-order valence-electron chi connectivity index (χ0n) is 9.69. The zero-order valence-corrected chi connectivity index (χ0v) is 10.5. The van der Waals surface area contributed by atoms with Gasteiger partial charge in [0.15, 0.2) is 9.84 Å². The number of carbonyl (C=O) groups excluding carboxylic acids is 1. The van der Waals surface area contributed by atoms with Crippen LogP contribution in [-0.2, 0) is 14.6 Å². The van der Waals surface area contributed by atoms with Crippen molar-refractivity contribution in [1.82, 2.24) is 5.32 Å². The van der Waals surface area contributed by atoms with E-state index in [0.717, 1.165) is 19.1 Å². The molecular weight excluding hydrogens is 230 g/mol. The number of rotatable bonds is 4. The normalized spacial score (nSPS) is 21.7. The second-order valence-corrected chi connectivity index (χ2v) is 6.99. The lowest BCUT2D eigenvalue weighted by Gasteiger charge is -2.23. The number of nitrogens with one attached hydrogen (secondary N) is 1. The van der Waals surface area contributed by atoms with Crippen molar-refractivity contribution in [3.8, 4) is 0 Å². The zero-order chi connectivity index (χ0) is 12.4. The van der Waals surface area contributed by atoms with Crippen LogP contribution in [0.15, 0.2) is 0 Å². The molecule has 16 heavy (non-hydrogen) atoms. The predicted molar refractivity (Wildman–Crippen MR) is 60.7 cm³/mol. The molecule has 2 N–H and O–H groups in total. The Kier molecular flexibility index (Phi) is 3.96. The van der Waals surface area contributed by atoms with Crippen molar-refractivity contribution >= 4 is 15.7 Å². The van der Waals surface area contributed by atoms with Crippen molar-refractivity contribution in [3.63, 3.8) is 0 Å². The highest BCUT2D eigenvalue weighted by atomic mass is 32.2. The number of hydrogen-bond donors (Lipinski definition) is 2. The fourth-order valence-electron chi connectivity index (χ4n) is 1.80. The second kappa shape index (κ2) is 4.71. The van der Waals surface area contributed by atoms with E-state index in [9.17, 15) is 18.3 Å². The maximum atomic E-state index is 11.5. The largest absolute Gasteiger partial charge is 0.388 e. The molecule has 6 heteroatoms. The van der Waals surface area contributed by atoms with Crippen LogP contribution in [0.25, 0.3) is 0 Å². The van der Waals surface area contributed by atoms with Gasteiger partial charge in [0.1, 0.15) is 5.25 Å². The Morgan fingerprint density at radius 2 is 1.94 bits per heavy atom. The SMILES string of the molecule is CC(C(=O)NCC1(O)CCCC1)S(C)(=O)=O. The molecule has 1 amide bonds. The molecule has 0 saturated heterocycles. The molecule has 1 aliphatic carbocycles. The van der Waals surface area contributed by atoms with Crippen molar-refractivity contribution < 1.29 is 18.3 Å². The third kappa shape index (κ3) is 3.45. The van der Waals surface area contributed by atoms with E-state index in [4.69, 9.17) is 0 Å². The Hall–Kier alpha value is -0.620. The van der Waals surface area contributed by atoms with E-state index in [1.54, 1.807) is 0 Å². The Morgan fingerprint density at radius 1 is 1.44 bits per heavy atom. The van der Waals surface area contributed by atoms with Gasteiger partial charge in [-0.3, -0.25) is 4.79 Å². The molecule has 0 aromatic heterocycles. The summed E-state index contributed by atoms with van der Waals surface area (Å²) >= 11 is 0. The molecule has 0 bridgehead atoms. The standard InChI is InChI=1S/C10H19NO4S/c1-8(16(2,14)15)9(12)11-7-10(13)5-3-4-6-10/h8,13H,3-7H2,1-2H3,(H,11,12). The first-order chi connectivity index (χ1) is 7.25. The second-order valence-electron chi connectivity index (χ2n) is 4.62. The van der Waals surface area contributed by atoms with E-state index in [-0.39, 0.29) is 6.54 Å². The molecule has 1 rings (SSSR count). The van der Waals surface area contributed by atoms with Crippen molar-refractivity contribution in [1.29, 1.82) is 0 Å². The van der Waals surface area contributed by atoms with E-state index in [0.29, 0.717) is 12.8 Å². The number of aliphatic hydroxyl groups is 1. The Bertz CT molecular complexity index is 357. The van der Waals surface area contributed by atoms with Crippen LogP contribution in [0.4, 0.5) is 0 Å². The van der Waals surface area contributed by atoms with Gasteiger partial charge >= 0.3 is 0 Å². The lowest BCUT2D eigenvalue weighted by Crippen LogP contribution is -2.45. The lowest BCUT2D eigenvalue weighted by molar-refractivity contribution is -0.121. The molecular formula is C10H19NO4S. The molecule has 5 nitrogen and oxygen atoms in total. The third-order valence-corrected chi connectivity index (χ3v) is 4.64. The van der Waals surface area contributed by atoms with Crippen LogP contribution in [0.5, 0.6) is 0 Å². The summed E-state index contributed by atoms with van der Waals surface area (Å²) in [6.07, 6.45) is 4.27. The summed E-state index contributed by atoms with van der Waals surface area (Å²) in [5, 5.41) is 11.4. The summed E-state index contributed by atoms with van der Waals surface area (Å²) in [7, 11) is -3.36. The summed E-state index contributed by atoms with van der Waals surface area (Å²) in [6, 6.07) is 0. The van der Waals surface area contributed by atoms with Gasteiger partial charge in [-0.15, -0.1) is 0 Å². The van der Waals surface area contributed by atoms with Crippen LogP contribution in [-0.4, -0.2) is 43.1 Å². The van der Waals surface area contributed by atoms with Crippen LogP contribution >= 0.6 is 0 Å². The predicted octanol–water partition coefficient (Wildman–Crippen LogP) is -0.159. The average Bonchev–Trinajstić information content (AvgIpc) is 2.60. The van der Waals surface area contributed by atoms with Gasteiger partial charge in [-0.25, -0.2) is 8.42 Å². The molecule has 0 aromatic rings. The smallest absolute Gasteiger partial charge is 0.238 e. The fraction of sp³-hybridized carbons (Fsp3) is 0.900. The van der Waals surface area contributed by atoms with Crippen LogP contribution in [0.2, 0.25) is 0 Å². The highest BCUT2D eigenvalue weighted by molar-refractivity contribution is 7.92. The van der Waals surface area contributed by atoms with E-state index in [2.05, 4.69) is 5.32 Å². The Labute approximate surface area is 96.1 Å². The van der Waals surface area contributed by atoms with Gasteiger partial charge < -0.3 is 10.4 Å². The molecule has 94 valence electrons. The maximum absolute atomic E-state index is 11.5. The molecule has 0 spiro atoms. The molecule has 0 radical (unpaired) electrons. The lowest BCUT2D eigenvalue weighted by atomic mass is 10.0. The molecule has 0 aliphatic heterocycles. The molecule has 0 heterocycles. The Balaban J connectivity index is 2.47. The Morgan fingerprint density at radius 3 is 2.38 bits per heavy atom. The number of amides is 1. The minimum absolute atomic E-state index is 0.145. The molecule has 1 saturated carbocycles. The molecule has 0 aromatic carbocycles. The van der Waals surface area contributed by atoms with Crippen LogP contribution in [0, 0.1) is 0 Å². The first-order valence-electron chi connectivity index (χ1n) is 5.44. The maximum Gasteiger partial charge on any atom is 0.238 e. The molecule has 1 atom stereocenters.